The fourth-order valence-corrected chi connectivity index (χ4v) is 12.6. The van der Waals surface area contributed by atoms with Crippen LogP contribution in [0.1, 0.15) is 91.3 Å². The topological polar surface area (TPSA) is 0 Å². The number of hydrogen-bond donors (Lipinski definition) is 0. The standard InChI is InChI=1S/C30H37.C13H10.2ClH.Zr/c1-9-20-11-14-27(24(20)10-2)30(29(6,7)8)16-15-26-22(19-30)17-21-18-23(28(3,4)5)12-13-25(21)26;1-3-7-12(8-4-1)11-13-9-5-2-6-10-13;;;/h11-13,15-18H,9-10,14H2,1-8H3;1-10H;2*1H;. The molecule has 0 saturated heterocycles. The molecule has 0 bridgehead atoms. The molecule has 0 saturated carbocycles. The van der Waals surface area contributed by atoms with Crippen molar-refractivity contribution >= 4 is 39.7 Å². The van der Waals surface area contributed by atoms with E-state index in [2.05, 4.69) is 159 Å². The summed E-state index contributed by atoms with van der Waals surface area (Å²) in [7, 11) is 0. The number of rotatable bonds is 6. The molecule has 6 rings (SSSR count). The molecule has 0 heterocycles. The summed E-state index contributed by atoms with van der Waals surface area (Å²) in [5, 5.41) is 2.78. The van der Waals surface area contributed by atoms with Gasteiger partial charge in [0, 0.05) is 0 Å². The molecule has 1 unspecified atom stereocenters. The van der Waals surface area contributed by atoms with E-state index in [9.17, 15) is 0 Å². The van der Waals surface area contributed by atoms with E-state index in [1.165, 1.54) is 38.3 Å². The third-order valence-corrected chi connectivity index (χ3v) is 14.3. The molecule has 3 heteroatoms. The van der Waals surface area contributed by atoms with Gasteiger partial charge in [0.05, 0.1) is 0 Å². The van der Waals surface area contributed by atoms with Gasteiger partial charge in [-0.3, -0.25) is 0 Å². The molecule has 0 nitrogen and oxygen atoms in total. The van der Waals surface area contributed by atoms with Crippen molar-refractivity contribution in [3.05, 3.63) is 150 Å². The molecule has 3 aromatic carbocycles. The van der Waals surface area contributed by atoms with Crippen LogP contribution in [0.5, 0.6) is 0 Å². The van der Waals surface area contributed by atoms with E-state index in [1.807, 2.05) is 0 Å². The van der Waals surface area contributed by atoms with Gasteiger partial charge in [0.25, 0.3) is 0 Å². The summed E-state index contributed by atoms with van der Waals surface area (Å²) in [4.78, 5) is 0. The Morgan fingerprint density at radius 3 is 1.89 bits per heavy atom. The van der Waals surface area contributed by atoms with Crippen LogP contribution in [0, 0.1) is 10.8 Å². The third-order valence-electron chi connectivity index (χ3n) is 10.0. The first-order valence-corrected chi connectivity index (χ1v) is 18.9. The summed E-state index contributed by atoms with van der Waals surface area (Å²) in [5.74, 6) is 0. The van der Waals surface area contributed by atoms with E-state index in [4.69, 9.17) is 0 Å². The Kier molecular flexibility index (Phi) is 11.2. The predicted molar refractivity (Wildman–Crippen MR) is 201 cm³/mol. The zero-order valence-electron chi connectivity index (χ0n) is 28.8. The van der Waals surface area contributed by atoms with Gasteiger partial charge in [-0.15, -0.1) is 24.8 Å². The van der Waals surface area contributed by atoms with E-state index in [-0.39, 0.29) is 41.1 Å². The molecule has 0 spiro atoms. The van der Waals surface area contributed by atoms with Crippen molar-refractivity contribution in [2.45, 2.75) is 80.1 Å². The van der Waals surface area contributed by atoms with Crippen molar-refractivity contribution in [2.24, 2.45) is 10.8 Å². The van der Waals surface area contributed by atoms with Crippen molar-refractivity contribution < 1.29 is 22.8 Å². The van der Waals surface area contributed by atoms with Crippen molar-refractivity contribution in [3.8, 4) is 0 Å². The van der Waals surface area contributed by atoms with E-state index in [0.717, 1.165) is 19.3 Å². The van der Waals surface area contributed by atoms with Crippen LogP contribution in [-0.4, -0.2) is 3.21 Å². The zero-order chi connectivity index (χ0) is 31.3. The number of halogens is 2. The second-order valence-electron chi connectivity index (χ2n) is 14.6. The van der Waals surface area contributed by atoms with E-state index < -0.39 is 22.8 Å². The Morgan fingerprint density at radius 2 is 1.37 bits per heavy atom. The minimum atomic E-state index is -1.37. The molecular weight excluding hydrogens is 679 g/mol. The summed E-state index contributed by atoms with van der Waals surface area (Å²) in [6.45, 7) is 19.2. The van der Waals surface area contributed by atoms with Crippen LogP contribution in [-0.2, 0) is 28.2 Å². The molecule has 239 valence electrons. The molecule has 0 aromatic heterocycles. The van der Waals surface area contributed by atoms with Crippen molar-refractivity contribution in [3.63, 3.8) is 0 Å². The largest absolute Gasteiger partial charge is 0.147 e. The van der Waals surface area contributed by atoms with Gasteiger partial charge in [0.15, 0.2) is 0 Å². The maximum absolute atomic E-state index is 2.66. The molecule has 3 aliphatic carbocycles. The van der Waals surface area contributed by atoms with Gasteiger partial charge in [-0.2, -0.15) is 0 Å². The maximum atomic E-state index is 2.66. The first-order chi connectivity index (χ1) is 21.0. The SMILES string of the molecule is CCC1=CCC(C2(C(C)(C)C)C=CC3=c4ccc(C(C)(C)C)cc4=CC3=[C]2[Zr]=[C](c2ccccc2)c2ccccc2)=C1CC.Cl.Cl. The fourth-order valence-electron chi connectivity index (χ4n) is 7.67. The summed E-state index contributed by atoms with van der Waals surface area (Å²) in [6.07, 6.45) is 13.6. The minimum Gasteiger partial charge on any atom is -0.147 e. The Morgan fingerprint density at radius 1 is 0.761 bits per heavy atom. The normalized spacial score (nSPS) is 18.6. The van der Waals surface area contributed by atoms with Gasteiger partial charge < -0.3 is 0 Å². The van der Waals surface area contributed by atoms with Crippen LogP contribution in [0.15, 0.2) is 123 Å². The third kappa shape index (κ3) is 6.30. The minimum absolute atomic E-state index is 0. The Balaban J connectivity index is 0.00000240. The Hall–Kier alpha value is -2.31. The second-order valence-corrected chi connectivity index (χ2v) is 17.7. The average Bonchev–Trinajstić information content (AvgIpc) is 3.60. The molecule has 0 aliphatic heterocycles. The van der Waals surface area contributed by atoms with Gasteiger partial charge in [-0.1, -0.05) is 0 Å². The molecule has 46 heavy (non-hydrogen) atoms. The molecule has 0 radical (unpaired) electrons. The van der Waals surface area contributed by atoms with Crippen LogP contribution in [0.3, 0.4) is 0 Å². The number of allylic oxidation sites excluding steroid dienone is 8. The van der Waals surface area contributed by atoms with E-state index >= 15 is 0 Å². The first-order valence-electron chi connectivity index (χ1n) is 16.5. The summed E-state index contributed by atoms with van der Waals surface area (Å²) in [5.41, 5.74) is 11.9. The maximum Gasteiger partial charge on any atom is -0.147 e. The van der Waals surface area contributed by atoms with Crippen molar-refractivity contribution in [1.29, 1.82) is 0 Å². The van der Waals surface area contributed by atoms with Gasteiger partial charge in [-0.25, -0.2) is 0 Å². The molecular formula is C43H49Cl2Zr. The molecule has 3 aliphatic rings. The van der Waals surface area contributed by atoms with Crippen LogP contribution in [0.4, 0.5) is 0 Å². The number of hydrogen-bond acceptors (Lipinski definition) is 0. The second kappa shape index (κ2) is 14.0. The molecule has 0 amide bonds. The molecule has 0 N–H and O–H groups in total. The van der Waals surface area contributed by atoms with Crippen LogP contribution < -0.4 is 10.4 Å². The average molecular weight is 728 g/mol. The zero-order valence-corrected chi connectivity index (χ0v) is 32.8. The summed E-state index contributed by atoms with van der Waals surface area (Å²) >= 11 is -1.37. The van der Waals surface area contributed by atoms with E-state index in [1.54, 1.807) is 23.2 Å². The first kappa shape index (κ1) is 36.5. The smallest absolute Gasteiger partial charge is 0.147 e. The quantitative estimate of drug-likeness (QED) is 0.237. The predicted octanol–water partition coefficient (Wildman–Crippen LogP) is 10.4. The Labute approximate surface area is 301 Å². The number of benzene rings is 3. The molecule has 0 fully saturated rings. The fraction of sp³-hybridized carbons (Fsp3) is 0.326. The Bertz CT molecular complexity index is 1850. The van der Waals surface area contributed by atoms with E-state index in [0.29, 0.717) is 0 Å². The van der Waals surface area contributed by atoms with Gasteiger partial charge in [0.1, 0.15) is 0 Å². The van der Waals surface area contributed by atoms with Crippen molar-refractivity contribution in [1.82, 2.24) is 0 Å². The molecule has 3 aromatic rings. The monoisotopic (exact) mass is 725 g/mol. The summed E-state index contributed by atoms with van der Waals surface area (Å²) in [6, 6.07) is 29.7. The van der Waals surface area contributed by atoms with Crippen molar-refractivity contribution in [2.75, 3.05) is 0 Å². The van der Waals surface area contributed by atoms with Crippen LogP contribution in [0.25, 0.3) is 11.6 Å². The van der Waals surface area contributed by atoms with Crippen LogP contribution in [0.2, 0.25) is 0 Å². The van der Waals surface area contributed by atoms with Gasteiger partial charge in [0.2, 0.25) is 0 Å². The van der Waals surface area contributed by atoms with Crippen LogP contribution >= 0.6 is 24.8 Å². The van der Waals surface area contributed by atoms with Gasteiger partial charge in [-0.05, 0) is 0 Å². The summed E-state index contributed by atoms with van der Waals surface area (Å²) < 4.78 is 3.29. The van der Waals surface area contributed by atoms with Gasteiger partial charge >= 0.3 is 278 Å². The number of fused-ring (bicyclic) bond motifs is 2. The molecule has 1 atom stereocenters.